The Balaban J connectivity index is 1.93. The standard InChI is InChI=1S/C12H13N3O4/c1-17-6-7-19-15-11(16)9-2-4-10(5-3-9)12-14-13-8-18-12/h2-5,8H,6-7H2,1H3,(H,15,16). The van der Waals surface area contributed by atoms with Gasteiger partial charge in [-0.15, -0.1) is 10.2 Å². The van der Waals surface area contributed by atoms with Gasteiger partial charge in [-0.05, 0) is 24.3 Å². The number of nitrogens with one attached hydrogen (secondary N) is 1. The first-order chi connectivity index (χ1) is 9.31. The van der Waals surface area contributed by atoms with Crippen molar-refractivity contribution in [3.05, 3.63) is 36.2 Å². The monoisotopic (exact) mass is 263 g/mol. The second-order valence-electron chi connectivity index (χ2n) is 3.59. The van der Waals surface area contributed by atoms with Crippen LogP contribution in [0.15, 0.2) is 35.1 Å². The minimum atomic E-state index is -0.326. The summed E-state index contributed by atoms with van der Waals surface area (Å²) >= 11 is 0. The second kappa shape index (κ2) is 6.62. The molecule has 0 unspecified atom stereocenters. The molecule has 0 aliphatic carbocycles. The quantitative estimate of drug-likeness (QED) is 0.619. The van der Waals surface area contributed by atoms with E-state index >= 15 is 0 Å². The number of carbonyl (C=O) groups is 1. The van der Waals surface area contributed by atoms with Crippen LogP contribution in [0.5, 0.6) is 0 Å². The van der Waals surface area contributed by atoms with E-state index in [4.69, 9.17) is 14.0 Å². The highest BCUT2D eigenvalue weighted by Gasteiger charge is 2.07. The molecule has 2 rings (SSSR count). The predicted octanol–water partition coefficient (Wildman–Crippen LogP) is 1.04. The minimum Gasteiger partial charge on any atom is -0.423 e. The number of hydrogen-bond donors (Lipinski definition) is 1. The van der Waals surface area contributed by atoms with Crippen LogP contribution in [0.2, 0.25) is 0 Å². The summed E-state index contributed by atoms with van der Waals surface area (Å²) in [6.07, 6.45) is 1.25. The van der Waals surface area contributed by atoms with Crippen molar-refractivity contribution in [1.82, 2.24) is 15.7 Å². The summed E-state index contributed by atoms with van der Waals surface area (Å²) in [5, 5.41) is 7.36. The second-order valence-corrected chi connectivity index (χ2v) is 3.59. The van der Waals surface area contributed by atoms with Crippen molar-refractivity contribution in [3.63, 3.8) is 0 Å². The Kier molecular flexibility index (Phi) is 4.60. The summed E-state index contributed by atoms with van der Waals surface area (Å²) in [6, 6.07) is 6.73. The molecule has 0 aliphatic heterocycles. The first-order valence-electron chi connectivity index (χ1n) is 5.59. The van der Waals surface area contributed by atoms with Crippen LogP contribution in [0.3, 0.4) is 0 Å². The SMILES string of the molecule is COCCONC(=O)c1ccc(-c2nnco2)cc1. The van der Waals surface area contributed by atoms with Crippen LogP contribution < -0.4 is 5.48 Å². The van der Waals surface area contributed by atoms with Gasteiger partial charge in [0.25, 0.3) is 5.91 Å². The van der Waals surface area contributed by atoms with E-state index in [9.17, 15) is 4.79 Å². The molecule has 1 N–H and O–H groups in total. The summed E-state index contributed by atoms with van der Waals surface area (Å²) in [4.78, 5) is 16.6. The van der Waals surface area contributed by atoms with Crippen molar-refractivity contribution < 1.29 is 18.8 Å². The molecule has 0 atom stereocenters. The smallest absolute Gasteiger partial charge is 0.274 e. The van der Waals surface area contributed by atoms with Crippen LogP contribution in [0, 0.1) is 0 Å². The largest absolute Gasteiger partial charge is 0.423 e. The highest BCUT2D eigenvalue weighted by Crippen LogP contribution is 2.16. The maximum Gasteiger partial charge on any atom is 0.274 e. The molecule has 0 saturated heterocycles. The van der Waals surface area contributed by atoms with Gasteiger partial charge in [0.2, 0.25) is 12.3 Å². The summed E-state index contributed by atoms with van der Waals surface area (Å²) in [5.41, 5.74) is 3.54. The normalized spacial score (nSPS) is 10.4. The maximum atomic E-state index is 11.7. The van der Waals surface area contributed by atoms with Crippen LogP contribution in [-0.4, -0.2) is 36.4 Å². The maximum absolute atomic E-state index is 11.7. The minimum absolute atomic E-state index is 0.294. The van der Waals surface area contributed by atoms with Crippen molar-refractivity contribution in [3.8, 4) is 11.5 Å². The van der Waals surface area contributed by atoms with Crippen LogP contribution >= 0.6 is 0 Å². The number of ether oxygens (including phenoxy) is 1. The van der Waals surface area contributed by atoms with Crippen LogP contribution in [0.1, 0.15) is 10.4 Å². The van der Waals surface area contributed by atoms with Crippen molar-refractivity contribution >= 4 is 5.91 Å². The van der Waals surface area contributed by atoms with E-state index in [0.717, 1.165) is 5.56 Å². The molecule has 1 aromatic heterocycles. The van der Waals surface area contributed by atoms with Gasteiger partial charge in [0.15, 0.2) is 0 Å². The highest BCUT2D eigenvalue weighted by molar-refractivity contribution is 5.93. The van der Waals surface area contributed by atoms with E-state index in [-0.39, 0.29) is 5.91 Å². The van der Waals surface area contributed by atoms with Gasteiger partial charge >= 0.3 is 0 Å². The first kappa shape index (κ1) is 13.2. The Labute approximate surface area is 109 Å². The predicted molar refractivity (Wildman–Crippen MR) is 65.0 cm³/mol. The number of hydroxylamine groups is 1. The molecule has 19 heavy (non-hydrogen) atoms. The zero-order valence-corrected chi connectivity index (χ0v) is 10.3. The summed E-state index contributed by atoms with van der Waals surface area (Å²) in [5.74, 6) is 0.0801. The number of benzene rings is 1. The Morgan fingerprint density at radius 1 is 1.32 bits per heavy atom. The molecule has 1 heterocycles. The van der Waals surface area contributed by atoms with E-state index in [0.29, 0.717) is 24.7 Å². The fraction of sp³-hybridized carbons (Fsp3) is 0.250. The molecule has 1 aromatic carbocycles. The third kappa shape index (κ3) is 3.60. The number of hydrogen-bond acceptors (Lipinski definition) is 6. The Bertz CT molecular complexity index is 510. The number of nitrogens with zero attached hydrogens (tertiary/aromatic N) is 2. The molecule has 2 aromatic rings. The number of amides is 1. The molecular weight excluding hydrogens is 250 g/mol. The van der Waals surface area contributed by atoms with Gasteiger partial charge in [0.1, 0.15) is 0 Å². The van der Waals surface area contributed by atoms with Gasteiger partial charge in [-0.25, -0.2) is 5.48 Å². The lowest BCUT2D eigenvalue weighted by Crippen LogP contribution is -2.25. The molecule has 0 saturated carbocycles. The van der Waals surface area contributed by atoms with E-state index in [1.54, 1.807) is 31.4 Å². The van der Waals surface area contributed by atoms with Crippen LogP contribution in [-0.2, 0) is 9.57 Å². The van der Waals surface area contributed by atoms with Crippen molar-refractivity contribution in [2.24, 2.45) is 0 Å². The van der Waals surface area contributed by atoms with Gasteiger partial charge in [-0.2, -0.15) is 0 Å². The van der Waals surface area contributed by atoms with E-state index < -0.39 is 0 Å². The van der Waals surface area contributed by atoms with E-state index in [2.05, 4.69) is 15.7 Å². The number of aromatic nitrogens is 2. The van der Waals surface area contributed by atoms with Gasteiger partial charge in [0, 0.05) is 18.2 Å². The molecular formula is C12H13N3O4. The molecule has 0 spiro atoms. The Hall–Kier alpha value is -2.25. The molecule has 1 amide bonds. The fourth-order valence-electron chi connectivity index (χ4n) is 1.36. The first-order valence-corrected chi connectivity index (χ1v) is 5.59. The van der Waals surface area contributed by atoms with Gasteiger partial charge in [-0.3, -0.25) is 9.63 Å². The fourth-order valence-corrected chi connectivity index (χ4v) is 1.36. The van der Waals surface area contributed by atoms with Gasteiger partial charge in [0.05, 0.1) is 13.2 Å². The summed E-state index contributed by atoms with van der Waals surface area (Å²) in [6.45, 7) is 0.707. The molecule has 0 aliphatic rings. The van der Waals surface area contributed by atoms with Crippen LogP contribution in [0.25, 0.3) is 11.5 Å². The number of rotatable bonds is 6. The average Bonchev–Trinajstić information content (AvgIpc) is 2.98. The molecule has 0 fully saturated rings. The molecule has 7 nitrogen and oxygen atoms in total. The number of carbonyl (C=O) groups excluding carboxylic acids is 1. The zero-order valence-electron chi connectivity index (χ0n) is 10.3. The third-order valence-electron chi connectivity index (χ3n) is 2.31. The van der Waals surface area contributed by atoms with Crippen molar-refractivity contribution in [1.29, 1.82) is 0 Å². The lowest BCUT2D eigenvalue weighted by molar-refractivity contribution is 0.00889. The van der Waals surface area contributed by atoms with Gasteiger partial charge in [-0.1, -0.05) is 0 Å². The highest BCUT2D eigenvalue weighted by atomic mass is 16.7. The molecule has 100 valence electrons. The Morgan fingerprint density at radius 2 is 2.11 bits per heavy atom. The molecule has 7 heteroatoms. The van der Waals surface area contributed by atoms with Crippen molar-refractivity contribution in [2.45, 2.75) is 0 Å². The lowest BCUT2D eigenvalue weighted by atomic mass is 10.1. The average molecular weight is 263 g/mol. The van der Waals surface area contributed by atoms with E-state index in [1.165, 1.54) is 6.39 Å². The topological polar surface area (TPSA) is 86.5 Å². The summed E-state index contributed by atoms with van der Waals surface area (Å²) < 4.78 is 9.84. The third-order valence-corrected chi connectivity index (χ3v) is 2.31. The Morgan fingerprint density at radius 3 is 2.74 bits per heavy atom. The number of methoxy groups -OCH3 is 1. The molecule has 0 bridgehead atoms. The molecule has 0 radical (unpaired) electrons. The lowest BCUT2D eigenvalue weighted by Gasteiger charge is -2.05. The van der Waals surface area contributed by atoms with Crippen LogP contribution in [0.4, 0.5) is 0 Å². The van der Waals surface area contributed by atoms with E-state index in [1.807, 2.05) is 0 Å². The zero-order chi connectivity index (χ0) is 13.5. The summed E-state index contributed by atoms with van der Waals surface area (Å²) in [7, 11) is 1.56. The van der Waals surface area contributed by atoms with Crippen molar-refractivity contribution in [2.75, 3.05) is 20.3 Å². The van der Waals surface area contributed by atoms with Gasteiger partial charge < -0.3 is 9.15 Å².